The Balaban J connectivity index is 1.55. The van der Waals surface area contributed by atoms with Crippen molar-refractivity contribution in [3.05, 3.63) is 118 Å². The molecule has 0 unspecified atom stereocenters. The summed E-state index contributed by atoms with van der Waals surface area (Å²) < 4.78 is 13.6. The Bertz CT molecular complexity index is 1580. The molecule has 37 heavy (non-hydrogen) atoms. The van der Waals surface area contributed by atoms with E-state index in [2.05, 4.69) is 5.32 Å². The minimum Gasteiger partial charge on any atom is -0.322 e. The average Bonchev–Trinajstić information content (AvgIpc) is 2.98. The van der Waals surface area contributed by atoms with Crippen LogP contribution in [-0.4, -0.2) is 21.8 Å². The lowest BCUT2D eigenvalue weighted by Crippen LogP contribution is -2.30. The third-order valence-electron chi connectivity index (χ3n) is 6.05. The number of hydrogen-bond donors (Lipinski definition) is 1. The lowest BCUT2D eigenvalue weighted by atomic mass is 10.1. The van der Waals surface area contributed by atoms with Crippen LogP contribution in [0.5, 0.6) is 0 Å². The number of hydrogen-bond acceptors (Lipinski definition) is 4. The van der Waals surface area contributed by atoms with E-state index < -0.39 is 16.7 Å². The quantitative estimate of drug-likeness (QED) is 0.316. The standard InChI is InChI=1S/C29H21ClN2O4S/c1-18(33)20-9-12-23(13-10-20)31-28(34)21-11-14-27-25(16-21)32(17-19-5-4-6-22(30)15-19)29(35)24-7-2-3-8-26(24)37(27)36/h2-16H,17H2,1H3,(H,31,34)/t37-/m0/s1. The van der Waals surface area contributed by atoms with Crippen LogP contribution >= 0.6 is 11.6 Å². The molecule has 0 bridgehead atoms. The first kappa shape index (κ1) is 24.6. The smallest absolute Gasteiger partial charge is 0.259 e. The van der Waals surface area contributed by atoms with Crippen LogP contribution in [0.25, 0.3) is 0 Å². The van der Waals surface area contributed by atoms with E-state index in [0.29, 0.717) is 42.9 Å². The van der Waals surface area contributed by atoms with Gasteiger partial charge in [-0.1, -0.05) is 35.9 Å². The SMILES string of the molecule is CC(=O)c1ccc(NC(=O)c2ccc3c(c2)N(Cc2cccc(Cl)c2)C(=O)c2ccccc2[S@@]3=O)cc1. The highest BCUT2D eigenvalue weighted by Gasteiger charge is 2.31. The van der Waals surface area contributed by atoms with Gasteiger partial charge in [-0.15, -0.1) is 0 Å². The van der Waals surface area contributed by atoms with E-state index in [0.717, 1.165) is 5.56 Å². The molecule has 4 aromatic rings. The molecule has 1 heterocycles. The first-order valence-electron chi connectivity index (χ1n) is 11.5. The second-order valence-electron chi connectivity index (χ2n) is 8.56. The maximum Gasteiger partial charge on any atom is 0.259 e. The zero-order valence-corrected chi connectivity index (χ0v) is 21.3. The molecular formula is C29H21ClN2O4S. The van der Waals surface area contributed by atoms with Crippen LogP contribution in [0.15, 0.2) is 101 Å². The van der Waals surface area contributed by atoms with Gasteiger partial charge in [-0.2, -0.15) is 0 Å². The maximum atomic E-state index is 13.7. The molecule has 0 aliphatic carbocycles. The van der Waals surface area contributed by atoms with E-state index in [4.69, 9.17) is 11.6 Å². The normalized spacial score (nSPS) is 14.4. The molecule has 1 aliphatic heterocycles. The fraction of sp³-hybridized carbons (Fsp3) is 0.0690. The molecule has 2 amide bonds. The minimum atomic E-state index is -1.63. The van der Waals surface area contributed by atoms with Crippen LogP contribution in [-0.2, 0) is 17.3 Å². The van der Waals surface area contributed by atoms with Crippen molar-refractivity contribution < 1.29 is 18.6 Å². The van der Waals surface area contributed by atoms with Gasteiger partial charge in [0.25, 0.3) is 11.8 Å². The number of carbonyl (C=O) groups excluding carboxylic acids is 3. The van der Waals surface area contributed by atoms with Crippen LogP contribution < -0.4 is 10.2 Å². The van der Waals surface area contributed by atoms with Crippen LogP contribution in [0, 0.1) is 0 Å². The number of carbonyl (C=O) groups is 3. The first-order chi connectivity index (χ1) is 17.8. The molecule has 0 saturated heterocycles. The maximum absolute atomic E-state index is 13.7. The van der Waals surface area contributed by atoms with Crippen molar-refractivity contribution >= 4 is 51.4 Å². The molecule has 184 valence electrons. The Morgan fingerprint density at radius 2 is 1.59 bits per heavy atom. The van der Waals surface area contributed by atoms with Crippen molar-refractivity contribution in [2.75, 3.05) is 10.2 Å². The summed E-state index contributed by atoms with van der Waals surface area (Å²) in [6.45, 7) is 1.65. The van der Waals surface area contributed by atoms with E-state index >= 15 is 0 Å². The number of fused-ring (bicyclic) bond motifs is 2. The molecule has 0 radical (unpaired) electrons. The van der Waals surface area contributed by atoms with E-state index in [1.165, 1.54) is 11.8 Å². The van der Waals surface area contributed by atoms with E-state index in [9.17, 15) is 18.6 Å². The van der Waals surface area contributed by atoms with Gasteiger partial charge in [0, 0.05) is 21.8 Å². The minimum absolute atomic E-state index is 0.0675. The van der Waals surface area contributed by atoms with Gasteiger partial charge in [0.1, 0.15) is 0 Å². The number of Topliss-reactive ketones (excluding diaryl/α,β-unsaturated/α-hetero) is 1. The predicted octanol–water partition coefficient (Wildman–Crippen LogP) is 6.12. The van der Waals surface area contributed by atoms with Gasteiger partial charge in [-0.05, 0) is 79.2 Å². The van der Waals surface area contributed by atoms with Gasteiger partial charge >= 0.3 is 0 Å². The summed E-state index contributed by atoms with van der Waals surface area (Å²) in [5.74, 6) is -0.789. The van der Waals surface area contributed by atoms with Crippen LogP contribution in [0.1, 0.15) is 43.6 Å². The number of amides is 2. The fourth-order valence-electron chi connectivity index (χ4n) is 4.17. The summed E-state index contributed by atoms with van der Waals surface area (Å²) in [7, 11) is -1.63. The van der Waals surface area contributed by atoms with Crippen LogP contribution in [0.2, 0.25) is 5.02 Å². The number of nitrogens with one attached hydrogen (secondary N) is 1. The highest BCUT2D eigenvalue weighted by Crippen LogP contribution is 2.36. The van der Waals surface area contributed by atoms with Crippen molar-refractivity contribution in [3.63, 3.8) is 0 Å². The molecule has 8 heteroatoms. The number of halogens is 1. The summed E-state index contributed by atoms with van der Waals surface area (Å²) in [6, 6.07) is 25.4. The van der Waals surface area contributed by atoms with Gasteiger partial charge in [-0.25, -0.2) is 4.21 Å². The van der Waals surface area contributed by atoms with Gasteiger partial charge < -0.3 is 10.2 Å². The van der Waals surface area contributed by atoms with Gasteiger partial charge in [0.15, 0.2) is 5.78 Å². The molecule has 0 saturated carbocycles. The third-order valence-corrected chi connectivity index (χ3v) is 7.79. The van der Waals surface area contributed by atoms with Crippen molar-refractivity contribution in [1.29, 1.82) is 0 Å². The summed E-state index contributed by atoms with van der Waals surface area (Å²) in [5.41, 5.74) is 2.88. The lowest BCUT2D eigenvalue weighted by molar-refractivity contribution is 0.0978. The van der Waals surface area contributed by atoms with E-state index in [1.807, 2.05) is 6.07 Å². The van der Waals surface area contributed by atoms with Crippen molar-refractivity contribution in [2.24, 2.45) is 0 Å². The Morgan fingerprint density at radius 3 is 2.32 bits per heavy atom. The van der Waals surface area contributed by atoms with Crippen LogP contribution in [0.4, 0.5) is 11.4 Å². The lowest BCUT2D eigenvalue weighted by Gasteiger charge is -2.24. The molecule has 1 atom stereocenters. The number of anilines is 2. The number of nitrogens with zero attached hydrogens (tertiary/aromatic N) is 1. The average molecular weight is 529 g/mol. The highest BCUT2D eigenvalue weighted by atomic mass is 35.5. The Kier molecular flexibility index (Phi) is 6.74. The second-order valence-corrected chi connectivity index (χ2v) is 10.4. The van der Waals surface area contributed by atoms with Gasteiger partial charge in [0.05, 0.1) is 38.4 Å². The number of benzene rings is 4. The molecule has 5 rings (SSSR count). The molecule has 0 spiro atoms. The van der Waals surface area contributed by atoms with E-state index in [1.54, 1.807) is 84.9 Å². The van der Waals surface area contributed by atoms with Crippen molar-refractivity contribution in [3.8, 4) is 0 Å². The summed E-state index contributed by atoms with van der Waals surface area (Å²) in [5, 5.41) is 3.35. The molecule has 4 aromatic carbocycles. The second kappa shape index (κ2) is 10.1. The highest BCUT2D eigenvalue weighted by molar-refractivity contribution is 7.85. The molecule has 1 aliphatic rings. The van der Waals surface area contributed by atoms with Crippen molar-refractivity contribution in [2.45, 2.75) is 23.3 Å². The Labute approximate surface area is 221 Å². The fourth-order valence-corrected chi connectivity index (χ4v) is 5.73. The molecular weight excluding hydrogens is 508 g/mol. The Morgan fingerprint density at radius 1 is 0.865 bits per heavy atom. The summed E-state index contributed by atoms with van der Waals surface area (Å²) >= 11 is 6.18. The number of ketones is 1. The monoisotopic (exact) mass is 528 g/mol. The van der Waals surface area contributed by atoms with Crippen molar-refractivity contribution in [1.82, 2.24) is 0 Å². The van der Waals surface area contributed by atoms with E-state index in [-0.39, 0.29) is 18.2 Å². The topological polar surface area (TPSA) is 83.6 Å². The zero-order valence-electron chi connectivity index (χ0n) is 19.7. The predicted molar refractivity (Wildman–Crippen MR) is 144 cm³/mol. The molecule has 0 fully saturated rings. The van der Waals surface area contributed by atoms with Gasteiger partial charge in [-0.3, -0.25) is 14.4 Å². The zero-order chi connectivity index (χ0) is 26.1. The largest absolute Gasteiger partial charge is 0.322 e. The summed E-state index contributed by atoms with van der Waals surface area (Å²) in [6.07, 6.45) is 0. The molecule has 6 nitrogen and oxygen atoms in total. The Hall–Kier alpha value is -4.07. The molecule has 1 N–H and O–H groups in total. The number of rotatable bonds is 5. The molecule has 0 aromatic heterocycles. The first-order valence-corrected chi connectivity index (χ1v) is 13.0. The third kappa shape index (κ3) is 4.96. The van der Waals surface area contributed by atoms with Crippen LogP contribution in [0.3, 0.4) is 0 Å². The summed E-state index contributed by atoms with van der Waals surface area (Å²) in [4.78, 5) is 40.8. The van der Waals surface area contributed by atoms with Gasteiger partial charge in [0.2, 0.25) is 0 Å².